The van der Waals surface area contributed by atoms with Crippen LogP contribution in [0.15, 0.2) is 48.5 Å². The van der Waals surface area contributed by atoms with E-state index in [0.29, 0.717) is 5.22 Å². The molecular weight excluding hydrogens is 346 g/mol. The van der Waals surface area contributed by atoms with Crippen molar-refractivity contribution in [3.63, 3.8) is 0 Å². The minimum Gasteiger partial charge on any atom is -0.456 e. The monoisotopic (exact) mass is 365 g/mol. The minimum atomic E-state index is 0.112. The number of hydrogen-bond donors (Lipinski definition) is 0. The number of nitriles is 2. The van der Waals surface area contributed by atoms with Crippen molar-refractivity contribution < 1.29 is 4.74 Å². The van der Waals surface area contributed by atoms with Crippen molar-refractivity contribution in [2.75, 3.05) is 18.0 Å². The maximum atomic E-state index is 9.12. The van der Waals surface area contributed by atoms with Gasteiger partial charge in [-0.15, -0.1) is 0 Å². The van der Waals surface area contributed by atoms with Gasteiger partial charge in [-0.05, 0) is 61.0 Å². The van der Waals surface area contributed by atoms with E-state index >= 15 is 0 Å². The van der Waals surface area contributed by atoms with E-state index < -0.39 is 0 Å². The van der Waals surface area contributed by atoms with Crippen LogP contribution in [0.1, 0.15) is 19.4 Å². The zero-order valence-electron chi connectivity index (χ0n) is 15.9. The summed E-state index contributed by atoms with van der Waals surface area (Å²) in [5.41, 5.74) is 2.32. The van der Waals surface area contributed by atoms with E-state index in [2.05, 4.69) is 49.1 Å². The highest BCUT2D eigenvalue weighted by Crippen LogP contribution is 2.33. The number of nitrogens with zero attached hydrogens (tertiary/aromatic N) is 3. The molecule has 4 nitrogen and oxygen atoms in total. The van der Waals surface area contributed by atoms with Crippen LogP contribution >= 0.6 is 0 Å². The first-order chi connectivity index (χ1) is 13.7. The van der Waals surface area contributed by atoms with Crippen molar-refractivity contribution >= 4 is 28.1 Å². The first-order valence-electron chi connectivity index (χ1n) is 9.33. The van der Waals surface area contributed by atoms with E-state index in [1.54, 1.807) is 0 Å². The fourth-order valence-corrected chi connectivity index (χ4v) is 3.61. The Balaban J connectivity index is 1.86. The molecule has 0 atom stereocenters. The average Bonchev–Trinajstić information content (AvgIpc) is 2.72. The van der Waals surface area contributed by atoms with Crippen LogP contribution in [0.25, 0.3) is 22.4 Å². The molecule has 0 fully saturated rings. The van der Waals surface area contributed by atoms with Gasteiger partial charge >= 0.3 is 0 Å². The lowest BCUT2D eigenvalue weighted by Crippen LogP contribution is -2.22. The molecule has 0 aromatic heterocycles. The largest absolute Gasteiger partial charge is 0.456 e. The quantitative estimate of drug-likeness (QED) is 0.554. The summed E-state index contributed by atoms with van der Waals surface area (Å²) in [5, 5.41) is 21.9. The number of benzene rings is 3. The van der Waals surface area contributed by atoms with Crippen molar-refractivity contribution in [1.29, 1.82) is 10.5 Å². The van der Waals surface area contributed by atoms with Crippen LogP contribution in [-0.4, -0.2) is 13.1 Å². The minimum absolute atomic E-state index is 0.112. The Bertz CT molecular complexity index is 1270. The molecule has 0 aliphatic carbocycles. The highest BCUT2D eigenvalue weighted by atomic mass is 16.5. The lowest BCUT2D eigenvalue weighted by molar-refractivity contribution is 0.474. The molecule has 0 unspecified atom stereocenters. The highest BCUT2D eigenvalue weighted by Gasteiger charge is 2.14. The summed E-state index contributed by atoms with van der Waals surface area (Å²) < 4.78 is 6.22. The summed E-state index contributed by atoms with van der Waals surface area (Å²) in [6.45, 7) is 6.17. The van der Waals surface area contributed by atoms with Crippen molar-refractivity contribution in [2.24, 2.45) is 0 Å². The Morgan fingerprint density at radius 2 is 1.68 bits per heavy atom. The number of rotatable bonds is 3. The lowest BCUT2D eigenvalue weighted by atomic mass is 10.0. The molecule has 4 rings (SSSR count). The molecule has 3 aromatic rings. The first kappa shape index (κ1) is 17.6. The van der Waals surface area contributed by atoms with E-state index in [4.69, 9.17) is 15.3 Å². The normalized spacial score (nSPS) is 11.3. The number of hydrogen-bond acceptors (Lipinski definition) is 4. The molecule has 1 aliphatic rings. The second-order valence-electron chi connectivity index (χ2n) is 6.69. The van der Waals surface area contributed by atoms with E-state index in [0.717, 1.165) is 51.8 Å². The van der Waals surface area contributed by atoms with Gasteiger partial charge < -0.3 is 9.64 Å². The highest BCUT2D eigenvalue weighted by molar-refractivity contribution is 5.87. The summed E-state index contributed by atoms with van der Waals surface area (Å²) in [4.78, 5) is 2.28. The van der Waals surface area contributed by atoms with Gasteiger partial charge in [-0.1, -0.05) is 12.1 Å². The van der Waals surface area contributed by atoms with Crippen LogP contribution < -0.4 is 20.1 Å². The maximum Gasteiger partial charge on any atom is 0.136 e. The van der Waals surface area contributed by atoms with Crippen LogP contribution in [0.4, 0.5) is 5.69 Å². The molecule has 4 heteroatoms. The summed E-state index contributed by atoms with van der Waals surface area (Å²) in [6.07, 6.45) is 2.13. The third kappa shape index (κ3) is 2.96. The molecule has 0 saturated carbocycles. The van der Waals surface area contributed by atoms with Crippen LogP contribution in [0.3, 0.4) is 0 Å². The molecule has 0 spiro atoms. The third-order valence-electron chi connectivity index (χ3n) is 5.14. The van der Waals surface area contributed by atoms with Crippen molar-refractivity contribution in [2.45, 2.75) is 13.8 Å². The fourth-order valence-electron chi connectivity index (χ4n) is 3.61. The molecule has 1 heterocycles. The van der Waals surface area contributed by atoms with Gasteiger partial charge in [-0.3, -0.25) is 0 Å². The Hall–Kier alpha value is -3.76. The molecule has 0 N–H and O–H groups in total. The molecule has 0 amide bonds. The van der Waals surface area contributed by atoms with Gasteiger partial charge in [-0.25, -0.2) is 0 Å². The smallest absolute Gasteiger partial charge is 0.136 e. The zero-order chi connectivity index (χ0) is 19.7. The van der Waals surface area contributed by atoms with E-state index in [9.17, 15) is 0 Å². The third-order valence-corrected chi connectivity index (χ3v) is 5.14. The Labute approximate surface area is 163 Å². The predicted octanol–water partition coefficient (Wildman–Crippen LogP) is 3.82. The van der Waals surface area contributed by atoms with E-state index in [-0.39, 0.29) is 5.57 Å². The standard InChI is InChI=1S/C24H19N3O/c1-3-27(4-2)22-8-7-18-11-20-10-16-5-6-17(21(14-25)15-26)9-19(16)12-23(20)28-24(18)13-22/h5-13H,3-4H2,1-2H3. The van der Waals surface area contributed by atoms with Crippen molar-refractivity contribution in [3.05, 3.63) is 64.5 Å². The molecule has 0 saturated heterocycles. The first-order valence-corrected chi connectivity index (χ1v) is 9.33. The number of anilines is 1. The molecule has 28 heavy (non-hydrogen) atoms. The van der Waals surface area contributed by atoms with Gasteiger partial charge in [0.15, 0.2) is 0 Å². The lowest BCUT2D eigenvalue weighted by Gasteiger charge is -2.23. The molecule has 1 aliphatic heterocycles. The van der Waals surface area contributed by atoms with Gasteiger partial charge in [-0.2, -0.15) is 10.5 Å². The zero-order valence-corrected chi connectivity index (χ0v) is 15.9. The van der Waals surface area contributed by atoms with Gasteiger partial charge in [0.05, 0.1) is 0 Å². The van der Waals surface area contributed by atoms with Gasteiger partial charge in [0.25, 0.3) is 0 Å². The molecule has 0 radical (unpaired) electrons. The summed E-state index contributed by atoms with van der Waals surface area (Å²) in [7, 11) is 0. The van der Waals surface area contributed by atoms with Gasteiger partial charge in [0, 0.05) is 40.8 Å². The summed E-state index contributed by atoms with van der Waals surface area (Å²) in [5.74, 6) is 1.62. The maximum absolute atomic E-state index is 9.12. The Kier molecular flexibility index (Phi) is 4.47. The van der Waals surface area contributed by atoms with Crippen molar-refractivity contribution in [3.8, 4) is 23.6 Å². The number of fused-ring (bicyclic) bond motifs is 3. The van der Waals surface area contributed by atoms with E-state index in [1.165, 1.54) is 0 Å². The molecule has 136 valence electrons. The molecular formula is C24H19N3O. The second kappa shape index (κ2) is 7.10. The van der Waals surface area contributed by atoms with Gasteiger partial charge in [0.1, 0.15) is 29.2 Å². The molecule has 0 bridgehead atoms. The van der Waals surface area contributed by atoms with Crippen molar-refractivity contribution in [1.82, 2.24) is 0 Å². The average molecular weight is 365 g/mol. The topological polar surface area (TPSA) is 60.0 Å². The van der Waals surface area contributed by atoms with Crippen LogP contribution in [0.5, 0.6) is 11.5 Å². The van der Waals surface area contributed by atoms with Crippen LogP contribution in [0.2, 0.25) is 0 Å². The summed E-state index contributed by atoms with van der Waals surface area (Å²) in [6, 6.07) is 19.9. The molecule has 3 aromatic carbocycles. The predicted molar refractivity (Wildman–Crippen MR) is 111 cm³/mol. The Morgan fingerprint density at radius 3 is 2.39 bits per heavy atom. The Morgan fingerprint density at radius 1 is 0.893 bits per heavy atom. The fraction of sp³-hybridized carbons (Fsp3) is 0.167. The second-order valence-corrected chi connectivity index (χ2v) is 6.69. The van der Waals surface area contributed by atoms with E-state index in [1.807, 2.05) is 36.4 Å². The van der Waals surface area contributed by atoms with Crippen LogP contribution in [0, 0.1) is 22.7 Å². The van der Waals surface area contributed by atoms with Crippen LogP contribution in [-0.2, 0) is 0 Å². The SMILES string of the molecule is CCN(CC)c1ccc2c(c1)Oc1cc3cc(=C(C#N)C#N)ccc3cc1=C2. The summed E-state index contributed by atoms with van der Waals surface area (Å²) >= 11 is 0. The number of ether oxygens (including phenoxy) is 1. The van der Waals surface area contributed by atoms with Gasteiger partial charge in [0.2, 0.25) is 0 Å².